The minimum atomic E-state index is -0.00442. The fourth-order valence-corrected chi connectivity index (χ4v) is 2.58. The molecule has 0 saturated heterocycles. The number of aromatic nitrogens is 2. The van der Waals surface area contributed by atoms with E-state index in [1.54, 1.807) is 13.3 Å². The first-order valence-electron chi connectivity index (χ1n) is 8.39. The summed E-state index contributed by atoms with van der Waals surface area (Å²) in [6.45, 7) is 4.91. The molecule has 1 aromatic heterocycles. The van der Waals surface area contributed by atoms with Crippen LogP contribution in [0.4, 0.5) is 5.95 Å². The van der Waals surface area contributed by atoms with E-state index in [0.29, 0.717) is 12.6 Å². The number of carbonyl (C=O) groups is 1. The number of carbonyl (C=O) groups excluding carboxylic acids is 1. The zero-order valence-corrected chi connectivity index (χ0v) is 15.3. The number of amides is 1. The van der Waals surface area contributed by atoms with Crippen LogP contribution < -0.4 is 10.2 Å². The maximum absolute atomic E-state index is 11.1. The van der Waals surface area contributed by atoms with Gasteiger partial charge in [-0.05, 0) is 25.0 Å². The van der Waals surface area contributed by atoms with E-state index in [1.165, 1.54) is 12.5 Å². The summed E-state index contributed by atoms with van der Waals surface area (Å²) in [6, 6.07) is 10.3. The fraction of sp³-hybridized carbons (Fsp3) is 0.421. The topological polar surface area (TPSA) is 67.3 Å². The van der Waals surface area contributed by atoms with Crippen LogP contribution in [0.25, 0.3) is 11.3 Å². The molecule has 6 heteroatoms. The van der Waals surface area contributed by atoms with Crippen molar-refractivity contribution in [3.05, 3.63) is 42.1 Å². The van der Waals surface area contributed by atoms with Gasteiger partial charge in [-0.25, -0.2) is 9.97 Å². The van der Waals surface area contributed by atoms with Crippen LogP contribution in [0.2, 0.25) is 0 Å². The second-order valence-electron chi connectivity index (χ2n) is 6.16. The van der Waals surface area contributed by atoms with Crippen LogP contribution in [0, 0.1) is 0 Å². The Morgan fingerprint density at radius 1 is 1.28 bits per heavy atom. The average molecular weight is 342 g/mol. The fourth-order valence-electron chi connectivity index (χ4n) is 2.58. The van der Waals surface area contributed by atoms with E-state index in [0.717, 1.165) is 24.2 Å². The number of rotatable bonds is 8. The van der Waals surface area contributed by atoms with Crippen LogP contribution in [-0.4, -0.2) is 49.2 Å². The number of benzene rings is 1. The first-order chi connectivity index (χ1) is 12.0. The Morgan fingerprint density at radius 3 is 2.64 bits per heavy atom. The summed E-state index contributed by atoms with van der Waals surface area (Å²) < 4.78 is 5.09. The van der Waals surface area contributed by atoms with Crippen LogP contribution in [0.1, 0.15) is 19.4 Å². The number of hydrogen-bond acceptors (Lipinski definition) is 5. The van der Waals surface area contributed by atoms with Gasteiger partial charge in [0.1, 0.15) is 0 Å². The second-order valence-corrected chi connectivity index (χ2v) is 6.16. The van der Waals surface area contributed by atoms with Crippen molar-refractivity contribution in [1.29, 1.82) is 0 Å². The molecule has 0 spiro atoms. The summed E-state index contributed by atoms with van der Waals surface area (Å²) in [5, 5.41) is 2.90. The summed E-state index contributed by atoms with van der Waals surface area (Å²) in [5.74, 6) is 0.674. The molecule has 0 bridgehead atoms. The minimum absolute atomic E-state index is 0.00442. The number of nitrogens with one attached hydrogen (secondary N) is 1. The SMILES string of the molecule is COCCN(C)c1nccc(-c2ccc(CC(C)NC(C)=O)cc2)n1. The Kier molecular flexibility index (Phi) is 6.89. The van der Waals surface area contributed by atoms with E-state index >= 15 is 0 Å². The molecular weight excluding hydrogens is 316 g/mol. The van der Waals surface area contributed by atoms with Crippen molar-refractivity contribution in [2.75, 3.05) is 32.2 Å². The minimum Gasteiger partial charge on any atom is -0.383 e. The third-order valence-corrected chi connectivity index (χ3v) is 3.86. The molecule has 0 aliphatic rings. The van der Waals surface area contributed by atoms with Crippen LogP contribution in [0.15, 0.2) is 36.5 Å². The zero-order valence-electron chi connectivity index (χ0n) is 15.3. The highest BCUT2D eigenvalue weighted by Gasteiger charge is 2.08. The Balaban J connectivity index is 2.07. The highest BCUT2D eigenvalue weighted by molar-refractivity contribution is 5.73. The first-order valence-corrected chi connectivity index (χ1v) is 8.39. The van der Waals surface area contributed by atoms with Crippen molar-refractivity contribution in [3.63, 3.8) is 0 Å². The summed E-state index contributed by atoms with van der Waals surface area (Å²) in [7, 11) is 3.63. The summed E-state index contributed by atoms with van der Waals surface area (Å²) in [4.78, 5) is 22.0. The molecule has 0 fully saturated rings. The Bertz CT molecular complexity index is 688. The Labute approximate surface area is 149 Å². The largest absolute Gasteiger partial charge is 0.383 e. The zero-order chi connectivity index (χ0) is 18.2. The molecule has 2 rings (SSSR count). The van der Waals surface area contributed by atoms with Gasteiger partial charge in [-0.1, -0.05) is 24.3 Å². The summed E-state index contributed by atoms with van der Waals surface area (Å²) in [5.41, 5.74) is 3.10. The van der Waals surface area contributed by atoms with E-state index < -0.39 is 0 Å². The molecule has 1 N–H and O–H groups in total. The molecule has 0 saturated carbocycles. The van der Waals surface area contributed by atoms with Crippen molar-refractivity contribution >= 4 is 11.9 Å². The van der Waals surface area contributed by atoms with E-state index in [1.807, 2.05) is 24.9 Å². The normalized spacial score (nSPS) is 11.8. The molecule has 134 valence electrons. The molecule has 1 heterocycles. The quantitative estimate of drug-likeness (QED) is 0.797. The summed E-state index contributed by atoms with van der Waals surface area (Å²) >= 11 is 0. The molecule has 2 aromatic rings. The van der Waals surface area contributed by atoms with Gasteiger partial charge in [0.25, 0.3) is 0 Å². The van der Waals surface area contributed by atoms with Crippen molar-refractivity contribution < 1.29 is 9.53 Å². The van der Waals surface area contributed by atoms with Crippen molar-refractivity contribution in [3.8, 4) is 11.3 Å². The lowest BCUT2D eigenvalue weighted by molar-refractivity contribution is -0.119. The van der Waals surface area contributed by atoms with Gasteiger partial charge >= 0.3 is 0 Å². The van der Waals surface area contributed by atoms with Gasteiger partial charge in [-0.15, -0.1) is 0 Å². The van der Waals surface area contributed by atoms with Crippen LogP contribution >= 0.6 is 0 Å². The van der Waals surface area contributed by atoms with E-state index in [4.69, 9.17) is 4.74 Å². The molecule has 6 nitrogen and oxygen atoms in total. The highest BCUT2D eigenvalue weighted by Crippen LogP contribution is 2.19. The van der Waals surface area contributed by atoms with Gasteiger partial charge in [-0.3, -0.25) is 4.79 Å². The first kappa shape index (κ1) is 18.9. The molecule has 25 heavy (non-hydrogen) atoms. The van der Waals surface area contributed by atoms with Crippen LogP contribution in [0.5, 0.6) is 0 Å². The van der Waals surface area contributed by atoms with Crippen molar-refractivity contribution in [1.82, 2.24) is 15.3 Å². The summed E-state index contributed by atoms with van der Waals surface area (Å²) in [6.07, 6.45) is 2.57. The van der Waals surface area contributed by atoms with Gasteiger partial charge in [0.2, 0.25) is 11.9 Å². The molecule has 1 atom stereocenters. The van der Waals surface area contributed by atoms with Gasteiger partial charge in [0.15, 0.2) is 0 Å². The Morgan fingerprint density at radius 2 is 2.00 bits per heavy atom. The highest BCUT2D eigenvalue weighted by atomic mass is 16.5. The number of hydrogen-bond donors (Lipinski definition) is 1. The van der Waals surface area contributed by atoms with Crippen molar-refractivity contribution in [2.24, 2.45) is 0 Å². The van der Waals surface area contributed by atoms with Gasteiger partial charge < -0.3 is 15.0 Å². The number of nitrogens with zero attached hydrogens (tertiary/aromatic N) is 3. The predicted octanol–water partition coefficient (Wildman–Crippen LogP) is 2.29. The number of ether oxygens (including phenoxy) is 1. The third kappa shape index (κ3) is 5.83. The molecule has 0 radical (unpaired) electrons. The standard InChI is InChI=1S/C19H26N4O2/c1-14(21-15(2)24)13-16-5-7-17(8-6-16)18-9-10-20-19(22-18)23(3)11-12-25-4/h5-10,14H,11-13H2,1-4H3,(H,21,24). The lowest BCUT2D eigenvalue weighted by Gasteiger charge is -2.17. The second kappa shape index (κ2) is 9.13. The van der Waals surface area contributed by atoms with Gasteiger partial charge in [0.05, 0.1) is 12.3 Å². The van der Waals surface area contributed by atoms with Gasteiger partial charge in [-0.2, -0.15) is 0 Å². The van der Waals surface area contributed by atoms with Crippen molar-refractivity contribution in [2.45, 2.75) is 26.3 Å². The predicted molar refractivity (Wildman–Crippen MR) is 99.6 cm³/mol. The number of methoxy groups -OCH3 is 1. The number of anilines is 1. The smallest absolute Gasteiger partial charge is 0.225 e. The third-order valence-electron chi connectivity index (χ3n) is 3.86. The molecule has 1 aromatic carbocycles. The molecule has 0 aliphatic carbocycles. The van der Waals surface area contributed by atoms with E-state index in [2.05, 4.69) is 39.6 Å². The lowest BCUT2D eigenvalue weighted by Crippen LogP contribution is -2.31. The van der Waals surface area contributed by atoms with E-state index in [9.17, 15) is 4.79 Å². The molecular formula is C19H26N4O2. The maximum atomic E-state index is 11.1. The molecule has 0 aliphatic heterocycles. The molecule has 1 unspecified atom stereocenters. The van der Waals surface area contributed by atoms with Crippen LogP contribution in [-0.2, 0) is 16.0 Å². The lowest BCUT2D eigenvalue weighted by atomic mass is 10.0. The van der Waals surface area contributed by atoms with E-state index in [-0.39, 0.29) is 11.9 Å². The van der Waals surface area contributed by atoms with Gasteiger partial charge in [0, 0.05) is 45.4 Å². The maximum Gasteiger partial charge on any atom is 0.225 e. The molecule has 1 amide bonds. The average Bonchev–Trinajstić information content (AvgIpc) is 2.59. The van der Waals surface area contributed by atoms with Crippen LogP contribution in [0.3, 0.4) is 0 Å². The Hall–Kier alpha value is -2.47. The monoisotopic (exact) mass is 342 g/mol. The number of likely N-dealkylation sites (N-methyl/N-ethyl adjacent to an activating group) is 1.